The molecule has 0 saturated heterocycles. The molecule has 124 valence electrons. The molecule has 2 aromatic carbocycles. The van der Waals surface area contributed by atoms with Gasteiger partial charge in [0.2, 0.25) is 0 Å². The van der Waals surface area contributed by atoms with Gasteiger partial charge in [-0.3, -0.25) is 0 Å². The third kappa shape index (κ3) is 2.10. The summed E-state index contributed by atoms with van der Waals surface area (Å²) in [7, 11) is 0. The van der Waals surface area contributed by atoms with Gasteiger partial charge in [0.15, 0.2) is 0 Å². The molecule has 2 atom stereocenters. The maximum absolute atomic E-state index is 12.4. The van der Waals surface area contributed by atoms with Crippen molar-refractivity contribution in [2.45, 2.75) is 40.0 Å². The van der Waals surface area contributed by atoms with Crippen LogP contribution in [0.3, 0.4) is 0 Å². The van der Waals surface area contributed by atoms with Crippen LogP contribution in [-0.4, -0.2) is 11.7 Å². The van der Waals surface area contributed by atoms with Crippen LogP contribution in [0.25, 0.3) is 10.8 Å². The van der Waals surface area contributed by atoms with Gasteiger partial charge < -0.3 is 4.84 Å². The highest BCUT2D eigenvalue weighted by atomic mass is 16.7. The van der Waals surface area contributed by atoms with E-state index in [0.717, 1.165) is 29.3 Å². The summed E-state index contributed by atoms with van der Waals surface area (Å²) in [5.74, 6) is 0.276. The van der Waals surface area contributed by atoms with Crippen LogP contribution in [0, 0.1) is 16.7 Å². The van der Waals surface area contributed by atoms with E-state index in [1.807, 2.05) is 36.4 Å². The van der Waals surface area contributed by atoms with Crippen LogP contribution < -0.4 is 0 Å². The monoisotopic (exact) mass is 321 g/mol. The van der Waals surface area contributed by atoms with Gasteiger partial charge in [0.25, 0.3) is 0 Å². The zero-order chi connectivity index (χ0) is 16.9. The van der Waals surface area contributed by atoms with E-state index in [1.165, 1.54) is 6.42 Å². The summed E-state index contributed by atoms with van der Waals surface area (Å²) in [5, 5.41) is 6.45. The maximum Gasteiger partial charge on any atom is 0.365 e. The lowest BCUT2D eigenvalue weighted by atomic mass is 9.70. The first kappa shape index (κ1) is 15.4. The highest BCUT2D eigenvalue weighted by Gasteiger charge is 2.60. The third-order valence-electron chi connectivity index (χ3n) is 6.74. The normalized spacial score (nSPS) is 29.3. The van der Waals surface area contributed by atoms with E-state index in [0.29, 0.717) is 11.5 Å². The van der Waals surface area contributed by atoms with Gasteiger partial charge in [0.1, 0.15) is 0 Å². The first-order chi connectivity index (χ1) is 11.4. The fourth-order valence-electron chi connectivity index (χ4n) is 4.53. The largest absolute Gasteiger partial charge is 0.365 e. The molecule has 0 spiro atoms. The molecule has 2 fully saturated rings. The van der Waals surface area contributed by atoms with Crippen LogP contribution in [0.15, 0.2) is 47.6 Å². The molecule has 2 saturated carbocycles. The van der Waals surface area contributed by atoms with Gasteiger partial charge in [0, 0.05) is 5.41 Å². The molecule has 0 amide bonds. The lowest BCUT2D eigenvalue weighted by molar-refractivity contribution is 0.0508. The second kappa shape index (κ2) is 5.17. The minimum atomic E-state index is -0.377. The zero-order valence-electron chi connectivity index (χ0n) is 14.5. The van der Waals surface area contributed by atoms with E-state index in [4.69, 9.17) is 4.84 Å². The minimum absolute atomic E-state index is 0.0569. The minimum Gasteiger partial charge on any atom is -0.313 e. The van der Waals surface area contributed by atoms with Gasteiger partial charge in [0.05, 0.1) is 11.3 Å². The number of carbonyl (C=O) groups is 1. The molecule has 2 bridgehead atoms. The predicted octanol–water partition coefficient (Wildman–Crippen LogP) is 5.20. The number of carbonyl (C=O) groups excluding carboxylic acids is 1. The second-order valence-corrected chi connectivity index (χ2v) is 7.97. The summed E-state index contributed by atoms with van der Waals surface area (Å²) >= 11 is 0. The first-order valence-corrected chi connectivity index (χ1v) is 8.69. The van der Waals surface area contributed by atoms with Gasteiger partial charge in [-0.25, -0.2) is 4.79 Å². The number of oxime groups is 1. The standard InChI is InChI=1S/C21H23NO2/c1-20(2)17-10-11-21(20,3)18(13-17)22-24-19(23)16-9-8-14-6-4-5-7-15(14)12-16/h4-9,12,17H,10-11,13H2,1-3H3/b22-18+. The Hall–Kier alpha value is -2.16. The Morgan fingerprint density at radius 3 is 2.54 bits per heavy atom. The molecule has 2 unspecified atom stereocenters. The fraction of sp³-hybridized carbons (Fsp3) is 0.429. The van der Waals surface area contributed by atoms with Crippen molar-refractivity contribution in [3.05, 3.63) is 48.0 Å². The predicted molar refractivity (Wildman–Crippen MR) is 96.0 cm³/mol. The summed E-state index contributed by atoms with van der Waals surface area (Å²) < 4.78 is 0. The quantitative estimate of drug-likeness (QED) is 0.563. The van der Waals surface area contributed by atoms with E-state index >= 15 is 0 Å². The fourth-order valence-corrected chi connectivity index (χ4v) is 4.53. The third-order valence-corrected chi connectivity index (χ3v) is 6.74. The van der Waals surface area contributed by atoms with Gasteiger partial charge in [-0.1, -0.05) is 56.3 Å². The van der Waals surface area contributed by atoms with Crippen molar-refractivity contribution in [3.63, 3.8) is 0 Å². The van der Waals surface area contributed by atoms with Crippen molar-refractivity contribution in [2.24, 2.45) is 21.9 Å². The molecule has 2 aliphatic rings. The number of rotatable bonds is 2. The highest BCUT2D eigenvalue weighted by molar-refractivity contribution is 5.97. The molecule has 24 heavy (non-hydrogen) atoms. The van der Waals surface area contributed by atoms with Gasteiger partial charge in [-0.2, -0.15) is 0 Å². The molecule has 0 N–H and O–H groups in total. The number of hydrogen-bond donors (Lipinski definition) is 0. The molecular formula is C21H23NO2. The first-order valence-electron chi connectivity index (χ1n) is 8.69. The Kier molecular flexibility index (Phi) is 3.31. The van der Waals surface area contributed by atoms with Crippen LogP contribution in [0.5, 0.6) is 0 Å². The van der Waals surface area contributed by atoms with Gasteiger partial charge in [-0.05, 0) is 53.5 Å². The zero-order valence-corrected chi connectivity index (χ0v) is 14.5. The molecule has 0 heterocycles. The second-order valence-electron chi connectivity index (χ2n) is 7.97. The summed E-state index contributed by atoms with van der Waals surface area (Å²) in [6, 6.07) is 13.6. The molecule has 0 aromatic heterocycles. The maximum atomic E-state index is 12.4. The highest BCUT2D eigenvalue weighted by Crippen LogP contribution is 2.63. The number of benzene rings is 2. The Balaban J connectivity index is 1.56. The summed E-state index contributed by atoms with van der Waals surface area (Å²) in [5.41, 5.74) is 1.89. The van der Waals surface area contributed by atoms with E-state index in [2.05, 4.69) is 25.9 Å². The Morgan fingerprint density at radius 2 is 1.88 bits per heavy atom. The molecule has 2 aliphatic carbocycles. The van der Waals surface area contributed by atoms with Crippen LogP contribution >= 0.6 is 0 Å². The smallest absolute Gasteiger partial charge is 0.313 e. The summed E-state index contributed by atoms with van der Waals surface area (Å²) in [4.78, 5) is 17.7. The van der Waals surface area contributed by atoms with Crippen molar-refractivity contribution in [1.29, 1.82) is 0 Å². The Labute approximate surface area is 142 Å². The Morgan fingerprint density at radius 1 is 1.12 bits per heavy atom. The number of hydrogen-bond acceptors (Lipinski definition) is 3. The summed E-state index contributed by atoms with van der Waals surface area (Å²) in [6.07, 6.45) is 3.34. The molecule has 0 aliphatic heterocycles. The van der Waals surface area contributed by atoms with Gasteiger partial charge >= 0.3 is 5.97 Å². The molecule has 4 rings (SSSR count). The van der Waals surface area contributed by atoms with E-state index < -0.39 is 0 Å². The van der Waals surface area contributed by atoms with Crippen LogP contribution in [-0.2, 0) is 4.84 Å². The number of fused-ring (bicyclic) bond motifs is 3. The van der Waals surface area contributed by atoms with E-state index in [9.17, 15) is 4.79 Å². The summed E-state index contributed by atoms with van der Waals surface area (Å²) in [6.45, 7) is 6.90. The lowest BCUT2D eigenvalue weighted by Gasteiger charge is -2.34. The van der Waals surface area contributed by atoms with Crippen LogP contribution in [0.2, 0.25) is 0 Å². The van der Waals surface area contributed by atoms with Crippen LogP contribution in [0.1, 0.15) is 50.4 Å². The van der Waals surface area contributed by atoms with Crippen molar-refractivity contribution in [2.75, 3.05) is 0 Å². The van der Waals surface area contributed by atoms with E-state index in [1.54, 1.807) is 6.07 Å². The lowest BCUT2D eigenvalue weighted by Crippen LogP contribution is -2.32. The SMILES string of the molecule is CC12CCC(C/C1=N\OC(=O)c1ccc3ccccc3c1)C2(C)C. The molecule has 3 heteroatoms. The molecular weight excluding hydrogens is 298 g/mol. The molecule has 3 nitrogen and oxygen atoms in total. The molecule has 2 aromatic rings. The van der Waals surface area contributed by atoms with Crippen LogP contribution in [0.4, 0.5) is 0 Å². The van der Waals surface area contributed by atoms with Crippen molar-refractivity contribution < 1.29 is 9.63 Å². The Bertz CT molecular complexity index is 852. The number of nitrogens with zero attached hydrogens (tertiary/aromatic N) is 1. The average molecular weight is 321 g/mol. The van der Waals surface area contributed by atoms with Gasteiger partial charge in [-0.15, -0.1) is 0 Å². The average Bonchev–Trinajstić information content (AvgIpc) is 2.92. The van der Waals surface area contributed by atoms with Crippen molar-refractivity contribution >= 4 is 22.5 Å². The van der Waals surface area contributed by atoms with Crippen molar-refractivity contribution in [1.82, 2.24) is 0 Å². The topological polar surface area (TPSA) is 38.7 Å². The van der Waals surface area contributed by atoms with E-state index in [-0.39, 0.29) is 16.8 Å². The molecule has 0 radical (unpaired) electrons. The van der Waals surface area contributed by atoms with Crippen molar-refractivity contribution in [3.8, 4) is 0 Å².